The van der Waals surface area contributed by atoms with Crippen LogP contribution in [0.15, 0.2) is 24.6 Å². The molecule has 1 rings (SSSR count). The molecule has 5 nitrogen and oxygen atoms in total. The van der Waals surface area contributed by atoms with Gasteiger partial charge in [0.25, 0.3) is 0 Å². The standard InChI is InChI=1S/C14H25N2O3/c1-11(2)13(17)19-14-15-7-9-16(14,5)8-6-10-18-12(3)4/h7,9,12,14-15H,1,6,8,10H2,2-5H3/q+1. The Balaban J connectivity index is 2.46. The number of carbonyl (C=O) groups excluding carboxylic acids is 1. The molecule has 0 aromatic rings. The fourth-order valence-corrected chi connectivity index (χ4v) is 1.82. The maximum Gasteiger partial charge on any atom is 0.339 e. The minimum Gasteiger partial charge on any atom is -0.389 e. The van der Waals surface area contributed by atoms with E-state index in [4.69, 9.17) is 9.47 Å². The van der Waals surface area contributed by atoms with Crippen molar-refractivity contribution < 1.29 is 18.8 Å². The van der Waals surface area contributed by atoms with E-state index >= 15 is 0 Å². The number of nitrogens with one attached hydrogen (secondary N) is 1. The van der Waals surface area contributed by atoms with Gasteiger partial charge in [-0.3, -0.25) is 0 Å². The van der Waals surface area contributed by atoms with Crippen molar-refractivity contribution in [2.24, 2.45) is 0 Å². The average molecular weight is 269 g/mol. The van der Waals surface area contributed by atoms with Gasteiger partial charge in [-0.25, -0.2) is 9.28 Å². The fourth-order valence-electron chi connectivity index (χ4n) is 1.82. The van der Waals surface area contributed by atoms with Gasteiger partial charge in [0, 0.05) is 12.0 Å². The first-order valence-electron chi connectivity index (χ1n) is 6.62. The molecule has 0 aromatic heterocycles. The highest BCUT2D eigenvalue weighted by molar-refractivity contribution is 5.87. The highest BCUT2D eigenvalue weighted by atomic mass is 16.6. The van der Waals surface area contributed by atoms with E-state index in [0.717, 1.165) is 13.0 Å². The predicted octanol–water partition coefficient (Wildman–Crippen LogP) is 1.73. The van der Waals surface area contributed by atoms with E-state index in [1.54, 1.807) is 6.92 Å². The van der Waals surface area contributed by atoms with Crippen molar-refractivity contribution in [2.75, 3.05) is 20.2 Å². The van der Waals surface area contributed by atoms with E-state index < -0.39 is 0 Å². The molecule has 2 atom stereocenters. The van der Waals surface area contributed by atoms with Gasteiger partial charge in [-0.05, 0) is 20.8 Å². The maximum absolute atomic E-state index is 11.6. The summed E-state index contributed by atoms with van der Waals surface area (Å²) < 4.78 is 11.4. The maximum atomic E-state index is 11.6. The molecule has 0 amide bonds. The Morgan fingerprint density at radius 2 is 2.21 bits per heavy atom. The third-order valence-corrected chi connectivity index (χ3v) is 2.99. The van der Waals surface area contributed by atoms with Gasteiger partial charge >= 0.3 is 12.3 Å². The number of quaternary nitrogens is 1. The van der Waals surface area contributed by atoms with Crippen LogP contribution in [0.4, 0.5) is 0 Å². The van der Waals surface area contributed by atoms with Gasteiger partial charge < -0.3 is 14.8 Å². The summed E-state index contributed by atoms with van der Waals surface area (Å²) in [5.41, 5.74) is 0.406. The summed E-state index contributed by atoms with van der Waals surface area (Å²) in [5, 5.41) is 3.05. The second kappa shape index (κ2) is 6.73. The van der Waals surface area contributed by atoms with Gasteiger partial charge in [0.2, 0.25) is 0 Å². The zero-order valence-corrected chi connectivity index (χ0v) is 12.3. The first-order valence-corrected chi connectivity index (χ1v) is 6.62. The SMILES string of the molecule is C=C(C)C(=O)OC1NC=C[N+]1(C)CCCOC(C)C. The lowest BCUT2D eigenvalue weighted by atomic mass is 10.3. The molecule has 1 aliphatic rings. The number of nitrogens with zero attached hydrogens (tertiary/aromatic N) is 1. The van der Waals surface area contributed by atoms with Gasteiger partial charge in [0.05, 0.1) is 32.5 Å². The Morgan fingerprint density at radius 3 is 2.79 bits per heavy atom. The molecule has 0 saturated carbocycles. The number of hydrogen-bond donors (Lipinski definition) is 1. The molecule has 2 unspecified atom stereocenters. The Hall–Kier alpha value is -1.33. The highest BCUT2D eigenvalue weighted by Gasteiger charge is 2.37. The molecule has 108 valence electrons. The second-order valence-corrected chi connectivity index (χ2v) is 5.36. The van der Waals surface area contributed by atoms with Crippen LogP contribution in [0.5, 0.6) is 0 Å². The molecule has 0 aliphatic carbocycles. The Labute approximate surface area is 115 Å². The minimum atomic E-state index is -0.386. The third kappa shape index (κ3) is 4.69. The van der Waals surface area contributed by atoms with E-state index in [1.807, 2.05) is 33.3 Å². The number of hydrogen-bond acceptors (Lipinski definition) is 4. The van der Waals surface area contributed by atoms with Crippen LogP contribution in [-0.4, -0.2) is 43.1 Å². The topological polar surface area (TPSA) is 47.6 Å². The van der Waals surface area contributed by atoms with Crippen molar-refractivity contribution in [2.45, 2.75) is 39.6 Å². The van der Waals surface area contributed by atoms with Crippen molar-refractivity contribution in [3.8, 4) is 0 Å². The lowest BCUT2D eigenvalue weighted by Gasteiger charge is -2.32. The summed E-state index contributed by atoms with van der Waals surface area (Å²) in [6, 6.07) is 0. The van der Waals surface area contributed by atoms with Crippen molar-refractivity contribution in [3.63, 3.8) is 0 Å². The molecule has 0 saturated heterocycles. The Bertz CT molecular complexity index is 366. The smallest absolute Gasteiger partial charge is 0.339 e. The minimum absolute atomic E-state index is 0.245. The quantitative estimate of drug-likeness (QED) is 0.331. The zero-order chi connectivity index (χ0) is 14.5. The van der Waals surface area contributed by atoms with E-state index in [2.05, 4.69) is 11.9 Å². The zero-order valence-electron chi connectivity index (χ0n) is 12.3. The summed E-state index contributed by atoms with van der Waals surface area (Å²) in [6.07, 6.45) is 4.57. The molecular formula is C14H25N2O3+. The lowest BCUT2D eigenvalue weighted by molar-refractivity contribution is -0.903. The van der Waals surface area contributed by atoms with Crippen LogP contribution in [-0.2, 0) is 14.3 Å². The largest absolute Gasteiger partial charge is 0.389 e. The van der Waals surface area contributed by atoms with Crippen LogP contribution in [0.3, 0.4) is 0 Å². The van der Waals surface area contributed by atoms with Gasteiger partial charge in [0.1, 0.15) is 6.20 Å². The first-order chi connectivity index (χ1) is 8.85. The number of esters is 1. The van der Waals surface area contributed by atoms with Gasteiger partial charge in [0.15, 0.2) is 0 Å². The lowest BCUT2D eigenvalue weighted by Crippen LogP contribution is -2.52. The van der Waals surface area contributed by atoms with Crippen molar-refractivity contribution in [1.82, 2.24) is 5.32 Å². The van der Waals surface area contributed by atoms with Gasteiger partial charge in [-0.15, -0.1) is 0 Å². The molecule has 1 aliphatic heterocycles. The molecule has 0 radical (unpaired) electrons. The molecule has 19 heavy (non-hydrogen) atoms. The third-order valence-electron chi connectivity index (χ3n) is 2.99. The van der Waals surface area contributed by atoms with Gasteiger partial charge in [-0.2, -0.15) is 0 Å². The molecule has 0 spiro atoms. The van der Waals surface area contributed by atoms with E-state index in [9.17, 15) is 4.79 Å². The van der Waals surface area contributed by atoms with Crippen LogP contribution in [0.1, 0.15) is 27.2 Å². The van der Waals surface area contributed by atoms with Crippen molar-refractivity contribution >= 4 is 5.97 Å². The van der Waals surface area contributed by atoms with E-state index in [1.165, 1.54) is 0 Å². The number of carbonyl (C=O) groups is 1. The molecule has 5 heteroatoms. The highest BCUT2D eigenvalue weighted by Crippen LogP contribution is 2.18. The number of rotatable bonds is 7. The number of ether oxygens (including phenoxy) is 2. The summed E-state index contributed by atoms with van der Waals surface area (Å²) in [6.45, 7) is 10.8. The molecule has 1 N–H and O–H groups in total. The summed E-state index contributed by atoms with van der Waals surface area (Å²) in [7, 11) is 2.02. The molecule has 0 fully saturated rings. The van der Waals surface area contributed by atoms with Crippen molar-refractivity contribution in [3.05, 3.63) is 24.6 Å². The molecular weight excluding hydrogens is 244 g/mol. The van der Waals surface area contributed by atoms with E-state index in [-0.39, 0.29) is 18.4 Å². The first kappa shape index (κ1) is 15.7. The molecule has 0 bridgehead atoms. The van der Waals surface area contributed by atoms with E-state index in [0.29, 0.717) is 16.7 Å². The predicted molar refractivity (Wildman–Crippen MR) is 73.7 cm³/mol. The van der Waals surface area contributed by atoms with Crippen LogP contribution in [0, 0.1) is 0 Å². The molecule has 0 aromatic carbocycles. The second-order valence-electron chi connectivity index (χ2n) is 5.36. The molecule has 1 heterocycles. The fraction of sp³-hybridized carbons (Fsp3) is 0.643. The van der Waals surface area contributed by atoms with Crippen LogP contribution >= 0.6 is 0 Å². The van der Waals surface area contributed by atoms with Crippen LogP contribution in [0.2, 0.25) is 0 Å². The van der Waals surface area contributed by atoms with Crippen LogP contribution in [0.25, 0.3) is 0 Å². The summed E-state index contributed by atoms with van der Waals surface area (Å²) >= 11 is 0. The van der Waals surface area contributed by atoms with Crippen molar-refractivity contribution in [1.29, 1.82) is 0 Å². The Kier molecular flexibility index (Phi) is 5.57. The Morgan fingerprint density at radius 1 is 1.53 bits per heavy atom. The summed E-state index contributed by atoms with van der Waals surface area (Å²) in [4.78, 5) is 11.6. The average Bonchev–Trinajstić information content (AvgIpc) is 2.66. The monoisotopic (exact) mass is 269 g/mol. The van der Waals surface area contributed by atoms with Gasteiger partial charge in [-0.1, -0.05) is 6.58 Å². The summed E-state index contributed by atoms with van der Waals surface area (Å²) in [5.74, 6) is -0.371. The normalized spacial score (nSPS) is 25.4. The van der Waals surface area contributed by atoms with Crippen LogP contribution < -0.4 is 5.32 Å².